The Labute approximate surface area is 198 Å². The highest BCUT2D eigenvalue weighted by Crippen LogP contribution is 2.51. The largest absolute Gasteiger partial charge is 0.384 e. The maximum atomic E-state index is 13.5. The number of anilines is 1. The summed E-state index contributed by atoms with van der Waals surface area (Å²) < 4.78 is 0. The van der Waals surface area contributed by atoms with Gasteiger partial charge in [-0.15, -0.1) is 11.3 Å². The lowest BCUT2D eigenvalue weighted by atomic mass is 9.69. The number of nitrogens with zero attached hydrogens (tertiary/aromatic N) is 3. The Morgan fingerprint density at radius 1 is 1.34 bits per heavy atom. The van der Waals surface area contributed by atoms with Crippen LogP contribution in [0.4, 0.5) is 5.69 Å². The molecular weight excluding hydrogens is 440 g/mol. The Bertz CT molecular complexity index is 1170. The van der Waals surface area contributed by atoms with E-state index in [-0.39, 0.29) is 16.4 Å². The smallest absolute Gasteiger partial charge is 0.162 e. The molecule has 0 aromatic carbocycles. The zero-order valence-electron chi connectivity index (χ0n) is 18.6. The molecule has 0 spiro atoms. The van der Waals surface area contributed by atoms with Crippen molar-refractivity contribution in [2.75, 3.05) is 4.90 Å². The summed E-state index contributed by atoms with van der Waals surface area (Å²) in [5, 5.41) is 10.4. The zero-order chi connectivity index (χ0) is 23.0. The molecule has 0 saturated heterocycles. The number of nitriles is 1. The van der Waals surface area contributed by atoms with Gasteiger partial charge in [-0.3, -0.25) is 9.69 Å². The van der Waals surface area contributed by atoms with Gasteiger partial charge in [-0.05, 0) is 48.9 Å². The number of aromatic nitrogens is 1. The van der Waals surface area contributed by atoms with Crippen LogP contribution in [0.15, 0.2) is 53.1 Å². The van der Waals surface area contributed by atoms with Gasteiger partial charge in [0, 0.05) is 33.6 Å². The number of Topliss-reactive ketones (excluding diaryl/α,β-unsaturated/α-hetero) is 1. The van der Waals surface area contributed by atoms with Gasteiger partial charge in [-0.1, -0.05) is 38.8 Å². The summed E-state index contributed by atoms with van der Waals surface area (Å²) in [4.78, 5) is 21.8. The van der Waals surface area contributed by atoms with Gasteiger partial charge in [0.2, 0.25) is 0 Å². The number of carbonyl (C=O) groups excluding carboxylic acids is 1. The van der Waals surface area contributed by atoms with Crippen LogP contribution in [0.5, 0.6) is 0 Å². The van der Waals surface area contributed by atoms with E-state index >= 15 is 0 Å². The second kappa shape index (κ2) is 8.73. The van der Waals surface area contributed by atoms with Crippen LogP contribution < -0.4 is 10.6 Å². The molecule has 166 valence electrons. The highest BCUT2D eigenvalue weighted by atomic mass is 35.5. The lowest BCUT2D eigenvalue weighted by molar-refractivity contribution is -0.118. The minimum Gasteiger partial charge on any atom is -0.384 e. The second-order valence-corrected chi connectivity index (χ2v) is 10.8. The number of hydrogen-bond donors (Lipinski definition) is 1. The van der Waals surface area contributed by atoms with Crippen molar-refractivity contribution in [3.8, 4) is 6.07 Å². The molecule has 0 fully saturated rings. The van der Waals surface area contributed by atoms with E-state index in [2.05, 4.69) is 44.0 Å². The van der Waals surface area contributed by atoms with Gasteiger partial charge in [0.1, 0.15) is 5.82 Å². The molecule has 5 nitrogen and oxygen atoms in total. The van der Waals surface area contributed by atoms with E-state index in [9.17, 15) is 10.1 Å². The monoisotopic (exact) mass is 466 g/mol. The first-order valence-electron chi connectivity index (χ1n) is 10.9. The fraction of sp³-hybridized carbons (Fsp3) is 0.400. The van der Waals surface area contributed by atoms with E-state index in [1.807, 2.05) is 6.07 Å². The van der Waals surface area contributed by atoms with Crippen LogP contribution in [0.25, 0.3) is 0 Å². The highest BCUT2D eigenvalue weighted by Gasteiger charge is 2.45. The second-order valence-electron chi connectivity index (χ2n) is 9.20. The number of aryl methyl sites for hydroxylation is 1. The standard InChI is InChI=1S/C25H27ClN4OS/c1-4-5-7-15-9-10-20(32-15)21-16(14-27)24(28)30(17-8-6-11-29-23(17)26)18-12-25(2,3)13-19(31)22(18)21/h6,8-11,21H,4-5,7,12-13,28H2,1-3H3. The van der Waals surface area contributed by atoms with E-state index in [1.165, 1.54) is 4.88 Å². The van der Waals surface area contributed by atoms with E-state index in [1.54, 1.807) is 28.5 Å². The van der Waals surface area contributed by atoms with Gasteiger partial charge < -0.3 is 5.73 Å². The number of unbranched alkanes of at least 4 members (excludes halogenated alkanes) is 1. The summed E-state index contributed by atoms with van der Waals surface area (Å²) in [6.45, 7) is 6.34. The maximum absolute atomic E-state index is 13.5. The molecule has 7 heteroatoms. The van der Waals surface area contributed by atoms with Gasteiger partial charge in [-0.2, -0.15) is 5.26 Å². The molecule has 1 aliphatic heterocycles. The van der Waals surface area contributed by atoms with Crippen LogP contribution in [-0.2, 0) is 11.2 Å². The van der Waals surface area contributed by atoms with Crippen molar-refractivity contribution < 1.29 is 4.79 Å². The molecule has 0 saturated carbocycles. The zero-order valence-corrected chi connectivity index (χ0v) is 20.2. The lowest BCUT2D eigenvalue weighted by Gasteiger charge is -2.43. The summed E-state index contributed by atoms with van der Waals surface area (Å²) in [7, 11) is 0. The summed E-state index contributed by atoms with van der Waals surface area (Å²) in [5.74, 6) is -0.0548. The minimum absolute atomic E-state index is 0.0648. The third-order valence-electron chi connectivity index (χ3n) is 6.10. The Morgan fingerprint density at radius 3 is 2.81 bits per heavy atom. The van der Waals surface area contributed by atoms with Crippen molar-refractivity contribution in [2.45, 2.75) is 58.8 Å². The summed E-state index contributed by atoms with van der Waals surface area (Å²) >= 11 is 8.11. The third-order valence-corrected chi connectivity index (χ3v) is 7.61. The molecule has 0 amide bonds. The van der Waals surface area contributed by atoms with Crippen molar-refractivity contribution >= 4 is 34.4 Å². The molecule has 1 unspecified atom stereocenters. The van der Waals surface area contributed by atoms with Gasteiger partial charge in [0.05, 0.1) is 23.2 Å². The molecule has 2 aromatic rings. The van der Waals surface area contributed by atoms with Crippen molar-refractivity contribution in [1.82, 2.24) is 4.98 Å². The molecule has 2 aliphatic rings. The Balaban J connectivity index is 1.93. The van der Waals surface area contributed by atoms with Crippen LogP contribution in [0, 0.1) is 16.7 Å². The molecule has 32 heavy (non-hydrogen) atoms. The van der Waals surface area contributed by atoms with E-state index < -0.39 is 5.92 Å². The van der Waals surface area contributed by atoms with Crippen LogP contribution in [-0.4, -0.2) is 10.8 Å². The predicted molar refractivity (Wildman–Crippen MR) is 129 cm³/mol. The number of nitrogens with two attached hydrogens (primary N) is 1. The number of hydrogen-bond acceptors (Lipinski definition) is 6. The third kappa shape index (κ3) is 3.96. The molecule has 2 N–H and O–H groups in total. The number of carbonyl (C=O) groups is 1. The molecule has 1 aliphatic carbocycles. The summed E-state index contributed by atoms with van der Waals surface area (Å²) in [6, 6.07) is 10.1. The molecular formula is C25H27ClN4OS. The first-order chi connectivity index (χ1) is 15.3. The molecule has 0 bridgehead atoms. The van der Waals surface area contributed by atoms with Crippen molar-refractivity contribution in [1.29, 1.82) is 5.26 Å². The Kier molecular flexibility index (Phi) is 6.15. The van der Waals surface area contributed by atoms with Gasteiger partial charge in [-0.25, -0.2) is 4.98 Å². The SMILES string of the molecule is CCCCc1ccc(C2C(C#N)=C(N)N(c3cccnc3Cl)C3=C2C(=O)CC(C)(C)C3)s1. The molecule has 0 radical (unpaired) electrons. The average molecular weight is 467 g/mol. The maximum Gasteiger partial charge on any atom is 0.162 e. The van der Waals surface area contributed by atoms with Crippen LogP contribution in [0.1, 0.15) is 62.1 Å². The molecule has 4 rings (SSSR count). The Morgan fingerprint density at radius 2 is 2.12 bits per heavy atom. The number of rotatable bonds is 5. The predicted octanol–water partition coefficient (Wildman–Crippen LogP) is 6.08. The Hall–Kier alpha value is -2.62. The summed E-state index contributed by atoms with van der Waals surface area (Å²) in [5.41, 5.74) is 8.89. The first kappa shape index (κ1) is 22.6. The molecule has 2 aromatic heterocycles. The number of allylic oxidation sites excluding steroid dienone is 3. The van der Waals surface area contributed by atoms with Gasteiger partial charge in [0.15, 0.2) is 10.9 Å². The normalized spacial score (nSPS) is 20.4. The van der Waals surface area contributed by atoms with Gasteiger partial charge >= 0.3 is 0 Å². The fourth-order valence-electron chi connectivity index (χ4n) is 4.65. The first-order valence-corrected chi connectivity index (χ1v) is 12.1. The topological polar surface area (TPSA) is 83.0 Å². The van der Waals surface area contributed by atoms with Crippen molar-refractivity contribution in [3.63, 3.8) is 0 Å². The fourth-order valence-corrected chi connectivity index (χ4v) is 6.03. The minimum atomic E-state index is -0.439. The van der Waals surface area contributed by atoms with E-state index in [4.69, 9.17) is 17.3 Å². The highest BCUT2D eigenvalue weighted by molar-refractivity contribution is 7.12. The van der Waals surface area contributed by atoms with Crippen LogP contribution in [0.2, 0.25) is 5.15 Å². The molecule has 1 atom stereocenters. The van der Waals surface area contributed by atoms with Crippen LogP contribution in [0.3, 0.4) is 0 Å². The van der Waals surface area contributed by atoms with Crippen molar-refractivity contribution in [2.24, 2.45) is 11.1 Å². The quantitative estimate of drug-likeness (QED) is 0.540. The number of ketones is 1. The number of pyridine rings is 1. The average Bonchev–Trinajstić information content (AvgIpc) is 3.20. The summed E-state index contributed by atoms with van der Waals surface area (Å²) in [6.07, 6.45) is 5.93. The number of thiophene rings is 1. The number of halogens is 1. The van der Waals surface area contributed by atoms with E-state index in [0.29, 0.717) is 35.5 Å². The lowest BCUT2D eigenvalue weighted by Crippen LogP contribution is -2.42. The van der Waals surface area contributed by atoms with Crippen molar-refractivity contribution in [3.05, 3.63) is 68.0 Å². The van der Waals surface area contributed by atoms with E-state index in [0.717, 1.165) is 29.8 Å². The van der Waals surface area contributed by atoms with Gasteiger partial charge in [0.25, 0.3) is 0 Å². The molecule has 3 heterocycles. The van der Waals surface area contributed by atoms with Crippen LogP contribution >= 0.6 is 22.9 Å².